The third kappa shape index (κ3) is 2.32. The van der Waals surface area contributed by atoms with Crippen molar-refractivity contribution in [2.75, 3.05) is 5.01 Å². The molecule has 0 saturated heterocycles. The highest BCUT2D eigenvalue weighted by Gasteiger charge is 2.23. The lowest BCUT2D eigenvalue weighted by Gasteiger charge is -2.22. The number of rotatable bonds is 3. The van der Waals surface area contributed by atoms with Gasteiger partial charge >= 0.3 is 0 Å². The minimum atomic E-state index is -0.459. The highest BCUT2D eigenvalue weighted by molar-refractivity contribution is 6.08. The molecule has 0 unspecified atom stereocenters. The van der Waals surface area contributed by atoms with E-state index in [0.717, 1.165) is 9.69 Å². The maximum absolute atomic E-state index is 12.1. The van der Waals surface area contributed by atoms with E-state index >= 15 is 0 Å². The molecule has 0 bridgehead atoms. The Morgan fingerprint density at radius 2 is 1.80 bits per heavy atom. The fourth-order valence-corrected chi connectivity index (χ4v) is 1.91. The lowest BCUT2D eigenvalue weighted by atomic mass is 10.3. The number of aromatic nitrogens is 2. The van der Waals surface area contributed by atoms with Gasteiger partial charge in [0.2, 0.25) is 11.8 Å². The zero-order chi connectivity index (χ0) is 14.7. The standard InChI is InChI=1S/C14H15N3O3/c1-3-11(18)16(12(19)4-2)17-13(20)8-7-10-6-5-9-15-14(10)17/h5-9H,3-4H2,1-2H3. The molecular formula is C14H15N3O3. The van der Waals surface area contributed by atoms with Crippen LogP contribution in [0.3, 0.4) is 0 Å². The number of amides is 2. The van der Waals surface area contributed by atoms with Gasteiger partial charge < -0.3 is 0 Å². The molecule has 20 heavy (non-hydrogen) atoms. The van der Waals surface area contributed by atoms with Crippen LogP contribution in [-0.2, 0) is 9.59 Å². The summed E-state index contributed by atoms with van der Waals surface area (Å²) in [5.74, 6) is -0.866. The first-order chi connectivity index (χ1) is 9.60. The molecule has 0 saturated carbocycles. The predicted octanol–water partition coefficient (Wildman–Crippen LogP) is 1.21. The smallest absolute Gasteiger partial charge is 0.271 e. The fraction of sp³-hybridized carbons (Fsp3) is 0.286. The summed E-state index contributed by atoms with van der Waals surface area (Å²) in [7, 11) is 0. The highest BCUT2D eigenvalue weighted by atomic mass is 16.2. The number of fused-ring (bicyclic) bond motifs is 1. The summed E-state index contributed by atoms with van der Waals surface area (Å²) < 4.78 is 1.05. The van der Waals surface area contributed by atoms with E-state index in [1.54, 1.807) is 32.0 Å². The van der Waals surface area contributed by atoms with Crippen molar-refractivity contribution in [2.45, 2.75) is 26.7 Å². The van der Waals surface area contributed by atoms with E-state index in [0.29, 0.717) is 11.0 Å². The Balaban J connectivity index is 2.76. The van der Waals surface area contributed by atoms with Crippen molar-refractivity contribution in [3.05, 3.63) is 40.8 Å². The van der Waals surface area contributed by atoms with Crippen molar-refractivity contribution < 1.29 is 9.59 Å². The summed E-state index contributed by atoms with van der Waals surface area (Å²) in [6.45, 7) is 3.28. The van der Waals surface area contributed by atoms with Gasteiger partial charge in [-0.3, -0.25) is 14.4 Å². The number of carbonyl (C=O) groups is 2. The first-order valence-electron chi connectivity index (χ1n) is 6.43. The molecule has 2 aromatic rings. The van der Waals surface area contributed by atoms with Gasteiger partial charge in [-0.1, -0.05) is 13.8 Å². The second-order valence-corrected chi connectivity index (χ2v) is 4.21. The quantitative estimate of drug-likeness (QED) is 0.842. The van der Waals surface area contributed by atoms with Gasteiger partial charge in [0.1, 0.15) is 0 Å². The van der Waals surface area contributed by atoms with Gasteiger partial charge in [0, 0.05) is 30.5 Å². The minimum absolute atomic E-state index is 0.126. The van der Waals surface area contributed by atoms with Crippen LogP contribution < -0.4 is 10.6 Å². The van der Waals surface area contributed by atoms with Crippen LogP contribution in [0.5, 0.6) is 0 Å². The Kier molecular flexibility index (Phi) is 3.93. The number of hydrogen-bond acceptors (Lipinski definition) is 4. The molecule has 0 aliphatic carbocycles. The van der Waals surface area contributed by atoms with Crippen molar-refractivity contribution in [3.8, 4) is 0 Å². The van der Waals surface area contributed by atoms with Gasteiger partial charge in [-0.05, 0) is 18.2 Å². The van der Waals surface area contributed by atoms with Gasteiger partial charge in [-0.15, -0.1) is 0 Å². The Morgan fingerprint density at radius 1 is 1.15 bits per heavy atom. The molecule has 0 aromatic carbocycles. The molecule has 2 amide bonds. The molecule has 6 nitrogen and oxygen atoms in total. The number of hydrogen-bond donors (Lipinski definition) is 0. The molecule has 0 spiro atoms. The summed E-state index contributed by atoms with van der Waals surface area (Å²) >= 11 is 0. The summed E-state index contributed by atoms with van der Waals surface area (Å²) in [6.07, 6.45) is 1.77. The monoisotopic (exact) mass is 273 g/mol. The van der Waals surface area contributed by atoms with E-state index < -0.39 is 17.4 Å². The molecule has 0 fully saturated rings. The zero-order valence-electron chi connectivity index (χ0n) is 11.4. The van der Waals surface area contributed by atoms with Crippen LogP contribution in [0.1, 0.15) is 26.7 Å². The van der Waals surface area contributed by atoms with E-state index in [1.165, 1.54) is 12.3 Å². The maximum Gasteiger partial charge on any atom is 0.271 e. The van der Waals surface area contributed by atoms with Crippen molar-refractivity contribution in [1.29, 1.82) is 0 Å². The lowest BCUT2D eigenvalue weighted by molar-refractivity contribution is -0.128. The SMILES string of the molecule is CCC(=O)N(C(=O)CC)n1c(=O)ccc2cccnc21. The number of imide groups is 1. The van der Waals surface area contributed by atoms with Crippen LogP contribution in [0.15, 0.2) is 35.3 Å². The van der Waals surface area contributed by atoms with E-state index in [4.69, 9.17) is 0 Å². The molecule has 0 aliphatic heterocycles. The second kappa shape index (κ2) is 5.64. The van der Waals surface area contributed by atoms with Gasteiger partial charge in [0.15, 0.2) is 5.65 Å². The predicted molar refractivity (Wildman–Crippen MR) is 74.8 cm³/mol. The highest BCUT2D eigenvalue weighted by Crippen LogP contribution is 2.09. The molecule has 0 atom stereocenters. The first-order valence-corrected chi connectivity index (χ1v) is 6.43. The van der Waals surface area contributed by atoms with E-state index in [-0.39, 0.29) is 12.8 Å². The molecule has 6 heteroatoms. The van der Waals surface area contributed by atoms with Crippen LogP contribution in [0.4, 0.5) is 0 Å². The Morgan fingerprint density at radius 3 is 2.40 bits per heavy atom. The van der Waals surface area contributed by atoms with Crippen molar-refractivity contribution in [2.24, 2.45) is 0 Å². The molecule has 2 rings (SSSR count). The van der Waals surface area contributed by atoms with Gasteiger partial charge in [0.25, 0.3) is 5.56 Å². The van der Waals surface area contributed by atoms with Crippen molar-refractivity contribution >= 4 is 22.8 Å². The van der Waals surface area contributed by atoms with Gasteiger partial charge in [0.05, 0.1) is 0 Å². The van der Waals surface area contributed by atoms with E-state index in [9.17, 15) is 14.4 Å². The van der Waals surface area contributed by atoms with Gasteiger partial charge in [-0.2, -0.15) is 9.69 Å². The van der Waals surface area contributed by atoms with Crippen LogP contribution in [-0.4, -0.2) is 21.5 Å². The van der Waals surface area contributed by atoms with E-state index in [2.05, 4.69) is 4.98 Å². The topological polar surface area (TPSA) is 72.3 Å². The van der Waals surface area contributed by atoms with Crippen LogP contribution in [0, 0.1) is 0 Å². The van der Waals surface area contributed by atoms with E-state index in [1.807, 2.05) is 0 Å². The first kappa shape index (κ1) is 13.9. The molecule has 0 radical (unpaired) electrons. The van der Waals surface area contributed by atoms with Crippen molar-refractivity contribution in [1.82, 2.24) is 9.66 Å². The molecule has 104 valence electrons. The fourth-order valence-electron chi connectivity index (χ4n) is 1.91. The van der Waals surface area contributed by atoms with Crippen LogP contribution in [0.25, 0.3) is 11.0 Å². The lowest BCUT2D eigenvalue weighted by Crippen LogP contribution is -2.50. The summed E-state index contributed by atoms with van der Waals surface area (Å²) in [5, 5.41) is 1.57. The summed E-state index contributed by atoms with van der Waals surface area (Å²) in [6, 6.07) is 6.43. The third-order valence-corrected chi connectivity index (χ3v) is 2.91. The maximum atomic E-state index is 12.1. The number of carbonyl (C=O) groups excluding carboxylic acids is 2. The molecule has 0 N–H and O–H groups in total. The molecule has 2 aromatic heterocycles. The molecule has 0 aliphatic rings. The summed E-state index contributed by atoms with van der Waals surface area (Å²) in [4.78, 5) is 40.3. The zero-order valence-corrected chi connectivity index (χ0v) is 11.4. The Labute approximate surface area is 115 Å². The average Bonchev–Trinajstić information content (AvgIpc) is 2.49. The minimum Gasteiger partial charge on any atom is -0.273 e. The third-order valence-electron chi connectivity index (χ3n) is 2.91. The van der Waals surface area contributed by atoms with Crippen LogP contribution in [0.2, 0.25) is 0 Å². The number of pyridine rings is 2. The largest absolute Gasteiger partial charge is 0.273 e. The summed E-state index contributed by atoms with van der Waals surface area (Å²) in [5.41, 5.74) is -0.164. The second-order valence-electron chi connectivity index (χ2n) is 4.21. The van der Waals surface area contributed by atoms with Crippen LogP contribution >= 0.6 is 0 Å². The Hall–Kier alpha value is -2.50. The molecular weight excluding hydrogens is 258 g/mol. The van der Waals surface area contributed by atoms with Gasteiger partial charge in [-0.25, -0.2) is 4.98 Å². The Bertz CT molecular complexity index is 705. The van der Waals surface area contributed by atoms with Crippen molar-refractivity contribution in [3.63, 3.8) is 0 Å². The normalized spacial score (nSPS) is 10.5. The molecule has 2 heterocycles. The number of nitrogens with zero attached hydrogens (tertiary/aromatic N) is 3. The average molecular weight is 273 g/mol.